The van der Waals surface area contributed by atoms with Crippen molar-refractivity contribution in [1.82, 2.24) is 5.32 Å². The lowest BCUT2D eigenvalue weighted by Crippen LogP contribution is -2.39. The molecule has 0 unspecified atom stereocenters. The molecule has 1 aliphatic heterocycles. The van der Waals surface area contributed by atoms with Gasteiger partial charge in [-0.3, -0.25) is 10.3 Å². The Labute approximate surface area is 169 Å². The summed E-state index contributed by atoms with van der Waals surface area (Å²) in [5.74, 6) is 1.28. The molecule has 5 heteroatoms. The van der Waals surface area contributed by atoms with Crippen molar-refractivity contribution < 1.29 is 9.84 Å². The Kier molecular flexibility index (Phi) is 6.55. The summed E-state index contributed by atoms with van der Waals surface area (Å²) in [7, 11) is 0. The molecule has 0 aliphatic carbocycles. The Balaban J connectivity index is 1.94. The number of aliphatic imine (C=N–C) groups is 1. The molecule has 0 saturated heterocycles. The fourth-order valence-electron chi connectivity index (χ4n) is 3.46. The maximum Gasteiger partial charge on any atom is 0.162 e. The first-order valence-electron chi connectivity index (χ1n) is 9.51. The number of halogens is 1. The van der Waals surface area contributed by atoms with Gasteiger partial charge in [0.1, 0.15) is 6.17 Å². The highest BCUT2D eigenvalue weighted by molar-refractivity contribution is 9.10. The zero-order chi connectivity index (χ0) is 19.4. The number of phenols is 1. The number of hydrogen-bond donors (Lipinski definition) is 2. The van der Waals surface area contributed by atoms with Gasteiger partial charge in [-0.05, 0) is 43.0 Å². The highest BCUT2D eigenvalue weighted by Gasteiger charge is 2.28. The third-order valence-electron chi connectivity index (χ3n) is 4.68. The molecular weight excluding hydrogens is 404 g/mol. The third-order valence-corrected chi connectivity index (χ3v) is 5.21. The van der Waals surface area contributed by atoms with Crippen molar-refractivity contribution in [3.63, 3.8) is 0 Å². The molecule has 1 aliphatic rings. The molecule has 0 aromatic heterocycles. The maximum atomic E-state index is 10.7. The minimum atomic E-state index is -0.00898. The van der Waals surface area contributed by atoms with Gasteiger partial charge in [0, 0.05) is 28.2 Å². The molecule has 0 radical (unpaired) electrons. The highest BCUT2D eigenvalue weighted by Crippen LogP contribution is 2.37. The normalized spacial score (nSPS) is 19.8. The molecule has 144 valence electrons. The fourth-order valence-corrected chi connectivity index (χ4v) is 3.72. The number of rotatable bonds is 6. The average Bonchev–Trinajstić information content (AvgIpc) is 2.63. The van der Waals surface area contributed by atoms with Crippen LogP contribution in [0.3, 0.4) is 0 Å². The van der Waals surface area contributed by atoms with Crippen molar-refractivity contribution in [2.75, 3.05) is 6.61 Å². The summed E-state index contributed by atoms with van der Waals surface area (Å²) >= 11 is 3.50. The van der Waals surface area contributed by atoms with E-state index in [9.17, 15) is 5.11 Å². The van der Waals surface area contributed by atoms with Gasteiger partial charge in [-0.1, -0.05) is 54.0 Å². The summed E-state index contributed by atoms with van der Waals surface area (Å²) in [6, 6.07) is 14.0. The van der Waals surface area contributed by atoms with E-state index in [0.717, 1.165) is 34.2 Å². The smallest absolute Gasteiger partial charge is 0.162 e. The second kappa shape index (κ2) is 8.89. The average molecular weight is 431 g/mol. The summed E-state index contributed by atoms with van der Waals surface area (Å²) in [6.45, 7) is 6.85. The van der Waals surface area contributed by atoms with Crippen molar-refractivity contribution >= 4 is 21.6 Å². The van der Waals surface area contributed by atoms with Gasteiger partial charge in [0.2, 0.25) is 0 Å². The Morgan fingerprint density at radius 3 is 2.63 bits per heavy atom. The van der Waals surface area contributed by atoms with Crippen molar-refractivity contribution in [2.24, 2.45) is 10.9 Å². The quantitative estimate of drug-likeness (QED) is 0.640. The van der Waals surface area contributed by atoms with Crippen LogP contribution in [0.1, 0.15) is 50.8 Å². The molecule has 0 amide bonds. The molecule has 4 nitrogen and oxygen atoms in total. The second-order valence-electron chi connectivity index (χ2n) is 7.28. The van der Waals surface area contributed by atoms with Gasteiger partial charge in [-0.2, -0.15) is 0 Å². The molecule has 0 fully saturated rings. The first kappa shape index (κ1) is 19.9. The molecule has 2 aromatic carbocycles. The molecular formula is C22H27BrN2O2. The van der Waals surface area contributed by atoms with Gasteiger partial charge in [-0.15, -0.1) is 0 Å². The highest BCUT2D eigenvalue weighted by atomic mass is 79.9. The van der Waals surface area contributed by atoms with E-state index in [1.807, 2.05) is 31.2 Å². The van der Waals surface area contributed by atoms with Crippen LogP contribution >= 0.6 is 15.9 Å². The van der Waals surface area contributed by atoms with Crippen LogP contribution in [0.4, 0.5) is 0 Å². The van der Waals surface area contributed by atoms with Crippen molar-refractivity contribution in [2.45, 2.75) is 45.8 Å². The number of phenolic OH excluding ortho intramolecular Hbond substituents is 1. The van der Waals surface area contributed by atoms with E-state index in [1.54, 1.807) is 6.07 Å². The Bertz CT molecular complexity index is 802. The van der Waals surface area contributed by atoms with E-state index >= 15 is 0 Å². The monoisotopic (exact) mass is 430 g/mol. The van der Waals surface area contributed by atoms with E-state index in [-0.39, 0.29) is 18.0 Å². The summed E-state index contributed by atoms with van der Waals surface area (Å²) < 4.78 is 6.62. The minimum Gasteiger partial charge on any atom is -0.504 e. The zero-order valence-corrected chi connectivity index (χ0v) is 17.7. The minimum absolute atomic E-state index is 0.00898. The molecule has 3 rings (SSSR count). The van der Waals surface area contributed by atoms with Crippen LogP contribution in [0.5, 0.6) is 11.5 Å². The molecule has 27 heavy (non-hydrogen) atoms. The van der Waals surface area contributed by atoms with Crippen LogP contribution < -0.4 is 10.1 Å². The van der Waals surface area contributed by atoms with Gasteiger partial charge in [0.05, 0.1) is 6.61 Å². The van der Waals surface area contributed by atoms with Crippen LogP contribution in [0.25, 0.3) is 0 Å². The second-order valence-corrected chi connectivity index (χ2v) is 8.19. The predicted octanol–water partition coefficient (Wildman–Crippen LogP) is 5.45. The predicted molar refractivity (Wildman–Crippen MR) is 114 cm³/mol. The molecule has 0 bridgehead atoms. The summed E-state index contributed by atoms with van der Waals surface area (Å²) in [4.78, 5) is 4.96. The third kappa shape index (κ3) is 4.90. The van der Waals surface area contributed by atoms with Crippen LogP contribution in [0.15, 0.2) is 51.9 Å². The summed E-state index contributed by atoms with van der Waals surface area (Å²) in [6.07, 6.45) is 1.69. The molecule has 2 N–H and O–H groups in total. The van der Waals surface area contributed by atoms with E-state index in [0.29, 0.717) is 18.3 Å². The van der Waals surface area contributed by atoms with Gasteiger partial charge < -0.3 is 9.84 Å². The van der Waals surface area contributed by atoms with Gasteiger partial charge >= 0.3 is 0 Å². The molecule has 2 aromatic rings. The number of benzene rings is 2. The van der Waals surface area contributed by atoms with Crippen LogP contribution in [0, 0.1) is 5.92 Å². The lowest BCUT2D eigenvalue weighted by molar-refractivity contribution is 0.311. The first-order valence-corrected chi connectivity index (χ1v) is 10.3. The lowest BCUT2D eigenvalue weighted by Gasteiger charge is -2.31. The molecule has 1 heterocycles. The fraction of sp³-hybridized carbons (Fsp3) is 0.409. The number of ether oxygens (including phenoxy) is 1. The Morgan fingerprint density at radius 2 is 1.96 bits per heavy atom. The SMILES string of the molecule is CCOc1cccc([C@H]2CC(c3ccc(Br)cc3)=N[C@H](CC(C)C)N2)c1O. The van der Waals surface area contributed by atoms with Gasteiger partial charge in [-0.25, -0.2) is 0 Å². The number of para-hydroxylation sites is 1. The molecule has 0 spiro atoms. The maximum absolute atomic E-state index is 10.7. The van der Waals surface area contributed by atoms with Crippen molar-refractivity contribution in [3.05, 3.63) is 58.1 Å². The van der Waals surface area contributed by atoms with Gasteiger partial charge in [0.25, 0.3) is 0 Å². The number of aromatic hydroxyl groups is 1. The van der Waals surface area contributed by atoms with E-state index < -0.39 is 0 Å². The van der Waals surface area contributed by atoms with E-state index in [4.69, 9.17) is 9.73 Å². The molecule has 0 saturated carbocycles. The van der Waals surface area contributed by atoms with E-state index in [2.05, 4.69) is 47.2 Å². The van der Waals surface area contributed by atoms with Crippen LogP contribution in [-0.4, -0.2) is 23.6 Å². The first-order chi connectivity index (χ1) is 13.0. The lowest BCUT2D eigenvalue weighted by atomic mass is 9.93. The summed E-state index contributed by atoms with van der Waals surface area (Å²) in [5, 5.41) is 14.3. The topological polar surface area (TPSA) is 53.8 Å². The van der Waals surface area contributed by atoms with Crippen molar-refractivity contribution in [3.8, 4) is 11.5 Å². The number of nitrogens with one attached hydrogen (secondary N) is 1. The number of nitrogens with zero attached hydrogens (tertiary/aromatic N) is 1. The largest absolute Gasteiger partial charge is 0.504 e. The Hall–Kier alpha value is -1.85. The van der Waals surface area contributed by atoms with Crippen LogP contribution in [-0.2, 0) is 0 Å². The zero-order valence-electron chi connectivity index (χ0n) is 16.1. The summed E-state index contributed by atoms with van der Waals surface area (Å²) in [5.41, 5.74) is 3.05. The van der Waals surface area contributed by atoms with Crippen molar-refractivity contribution in [1.29, 1.82) is 0 Å². The van der Waals surface area contributed by atoms with E-state index in [1.165, 1.54) is 0 Å². The Morgan fingerprint density at radius 1 is 1.22 bits per heavy atom. The number of hydrogen-bond acceptors (Lipinski definition) is 4. The van der Waals surface area contributed by atoms with Crippen LogP contribution in [0.2, 0.25) is 0 Å². The van der Waals surface area contributed by atoms with Gasteiger partial charge in [0.15, 0.2) is 11.5 Å². The standard InChI is InChI=1S/C22H27BrN2O2/c1-4-27-20-7-5-6-17(22(20)26)19-13-18(15-8-10-16(23)11-9-15)24-21(25-19)12-14(2)3/h5-11,14,19,21,25-26H,4,12-13H2,1-3H3/t19-,21+/m1/s1. The molecule has 2 atom stereocenters.